The Bertz CT molecular complexity index is 350. The van der Waals surface area contributed by atoms with Crippen LogP contribution in [0.4, 0.5) is 0 Å². The van der Waals surface area contributed by atoms with Gasteiger partial charge in [0.15, 0.2) is 5.17 Å². The fourth-order valence-corrected chi connectivity index (χ4v) is 2.18. The van der Waals surface area contributed by atoms with Crippen LogP contribution in [0.15, 0.2) is 29.3 Å². The van der Waals surface area contributed by atoms with Gasteiger partial charge in [0.1, 0.15) is 0 Å². The van der Waals surface area contributed by atoms with Crippen molar-refractivity contribution in [2.45, 2.75) is 25.6 Å². The quantitative estimate of drug-likeness (QED) is 0.653. The second-order valence-corrected chi connectivity index (χ2v) is 4.84. The number of benzene rings is 1. The van der Waals surface area contributed by atoms with Gasteiger partial charge in [-0.1, -0.05) is 41.6 Å². The molecule has 0 bridgehead atoms. The molecule has 0 saturated heterocycles. The van der Waals surface area contributed by atoms with E-state index in [2.05, 4.69) is 4.99 Å². The average molecular weight is 243 g/mol. The molecule has 15 heavy (non-hydrogen) atoms. The lowest BCUT2D eigenvalue weighted by Gasteiger charge is -2.04. The molecule has 0 aliphatic carbocycles. The largest absolute Gasteiger partial charge is 0.379 e. The molecule has 0 atom stereocenters. The fourth-order valence-electron chi connectivity index (χ4n) is 1.06. The van der Waals surface area contributed by atoms with Gasteiger partial charge in [-0.3, -0.25) is 4.99 Å². The smallest absolute Gasteiger partial charge is 0.154 e. The predicted octanol–water partition coefficient (Wildman–Crippen LogP) is 3.30. The highest BCUT2D eigenvalue weighted by Gasteiger charge is 2.01. The molecule has 0 spiro atoms. The Morgan fingerprint density at radius 3 is 2.73 bits per heavy atom. The Kier molecular flexibility index (Phi) is 4.99. The van der Waals surface area contributed by atoms with Gasteiger partial charge in [0.05, 0.1) is 0 Å². The van der Waals surface area contributed by atoms with E-state index in [1.807, 2.05) is 38.1 Å². The highest BCUT2D eigenvalue weighted by Crippen LogP contribution is 2.20. The third kappa shape index (κ3) is 4.58. The molecule has 0 radical (unpaired) electrons. The summed E-state index contributed by atoms with van der Waals surface area (Å²) >= 11 is 7.53. The lowest BCUT2D eigenvalue weighted by Crippen LogP contribution is -2.10. The van der Waals surface area contributed by atoms with Crippen LogP contribution in [0.25, 0.3) is 0 Å². The van der Waals surface area contributed by atoms with Gasteiger partial charge in [-0.25, -0.2) is 0 Å². The first kappa shape index (κ1) is 12.4. The lowest BCUT2D eigenvalue weighted by molar-refractivity contribution is 0.838. The predicted molar refractivity (Wildman–Crippen MR) is 69.5 cm³/mol. The molecular weight excluding hydrogens is 228 g/mol. The van der Waals surface area contributed by atoms with Gasteiger partial charge >= 0.3 is 0 Å². The maximum atomic E-state index is 6.02. The molecule has 82 valence electrons. The highest BCUT2D eigenvalue weighted by atomic mass is 35.5. The summed E-state index contributed by atoms with van der Waals surface area (Å²) in [4.78, 5) is 4.24. The Morgan fingerprint density at radius 1 is 1.47 bits per heavy atom. The van der Waals surface area contributed by atoms with Crippen LogP contribution in [0.2, 0.25) is 5.02 Å². The number of hydrogen-bond donors (Lipinski definition) is 1. The van der Waals surface area contributed by atoms with Gasteiger partial charge in [-0.15, -0.1) is 0 Å². The number of amidine groups is 1. The number of aliphatic imine (C=N–C) groups is 1. The van der Waals surface area contributed by atoms with Crippen molar-refractivity contribution in [3.63, 3.8) is 0 Å². The molecule has 2 nitrogen and oxygen atoms in total. The highest BCUT2D eigenvalue weighted by molar-refractivity contribution is 8.13. The van der Waals surface area contributed by atoms with Crippen molar-refractivity contribution in [1.82, 2.24) is 0 Å². The Hall–Kier alpha value is -0.670. The average Bonchev–Trinajstić information content (AvgIpc) is 2.15. The van der Waals surface area contributed by atoms with E-state index < -0.39 is 0 Å². The molecule has 2 N–H and O–H groups in total. The van der Waals surface area contributed by atoms with Crippen LogP contribution in [0.5, 0.6) is 0 Å². The van der Waals surface area contributed by atoms with Crippen LogP contribution in [0, 0.1) is 0 Å². The molecular formula is C11H15ClN2S. The molecule has 0 fully saturated rings. The molecule has 0 unspecified atom stereocenters. The Balaban J connectivity index is 2.54. The molecule has 1 aromatic rings. The van der Waals surface area contributed by atoms with Crippen molar-refractivity contribution in [1.29, 1.82) is 0 Å². The lowest BCUT2D eigenvalue weighted by atomic mass is 10.2. The topological polar surface area (TPSA) is 38.4 Å². The second-order valence-electron chi connectivity index (χ2n) is 3.44. The summed E-state index contributed by atoms with van der Waals surface area (Å²) in [5.74, 6) is 0.766. The van der Waals surface area contributed by atoms with E-state index in [1.54, 1.807) is 0 Å². The second kappa shape index (κ2) is 6.03. The van der Waals surface area contributed by atoms with Crippen molar-refractivity contribution in [3.8, 4) is 0 Å². The molecule has 4 heteroatoms. The molecule has 0 amide bonds. The van der Waals surface area contributed by atoms with E-state index in [9.17, 15) is 0 Å². The van der Waals surface area contributed by atoms with Gasteiger partial charge in [-0.2, -0.15) is 0 Å². The summed E-state index contributed by atoms with van der Waals surface area (Å²) in [5.41, 5.74) is 6.83. The number of hydrogen-bond acceptors (Lipinski definition) is 2. The van der Waals surface area contributed by atoms with Gasteiger partial charge in [0.2, 0.25) is 0 Å². The van der Waals surface area contributed by atoms with Crippen LogP contribution in [-0.4, -0.2) is 11.2 Å². The number of rotatable bonds is 3. The minimum absolute atomic E-state index is 0.240. The summed E-state index contributed by atoms with van der Waals surface area (Å²) in [7, 11) is 0. The van der Waals surface area contributed by atoms with Crippen molar-refractivity contribution in [2.24, 2.45) is 10.7 Å². The van der Waals surface area contributed by atoms with Crippen LogP contribution in [-0.2, 0) is 5.75 Å². The van der Waals surface area contributed by atoms with Gasteiger partial charge < -0.3 is 5.73 Å². The van der Waals surface area contributed by atoms with E-state index in [-0.39, 0.29) is 6.04 Å². The minimum Gasteiger partial charge on any atom is -0.379 e. The Labute approximate surface area is 99.9 Å². The third-order valence-corrected chi connectivity index (χ3v) is 2.94. The monoisotopic (exact) mass is 242 g/mol. The third-order valence-electron chi connectivity index (χ3n) is 1.72. The minimum atomic E-state index is 0.240. The van der Waals surface area contributed by atoms with Gasteiger partial charge in [0, 0.05) is 16.8 Å². The number of nitrogens with two attached hydrogens (primary N) is 1. The van der Waals surface area contributed by atoms with Gasteiger partial charge in [-0.05, 0) is 25.5 Å². The maximum absolute atomic E-state index is 6.02. The summed E-state index contributed by atoms with van der Waals surface area (Å²) < 4.78 is 0. The van der Waals surface area contributed by atoms with Crippen molar-refractivity contribution in [2.75, 3.05) is 0 Å². The van der Waals surface area contributed by atoms with Crippen LogP contribution >= 0.6 is 23.4 Å². The summed E-state index contributed by atoms with van der Waals surface area (Å²) in [6.45, 7) is 4.01. The van der Waals surface area contributed by atoms with Crippen molar-refractivity contribution < 1.29 is 0 Å². The maximum Gasteiger partial charge on any atom is 0.154 e. The zero-order valence-corrected chi connectivity index (χ0v) is 10.5. The standard InChI is InChI=1S/C11H15ClN2S/c1-8(2)14-11(13)15-7-9-5-3-4-6-10(9)12/h3-6,8H,7H2,1-2H3,(H2,13,14). The van der Waals surface area contributed by atoms with E-state index in [4.69, 9.17) is 17.3 Å². The number of halogens is 1. The number of thioether (sulfide) groups is 1. The molecule has 0 saturated carbocycles. The SMILES string of the molecule is CC(C)N=C(N)SCc1ccccc1Cl. The normalized spacial score (nSPS) is 12.1. The summed E-state index contributed by atoms with van der Waals surface area (Å²) in [6.07, 6.45) is 0. The molecule has 1 rings (SSSR count). The fraction of sp³-hybridized carbons (Fsp3) is 0.364. The van der Waals surface area contributed by atoms with Crippen LogP contribution in [0.3, 0.4) is 0 Å². The summed E-state index contributed by atoms with van der Waals surface area (Å²) in [5, 5.41) is 1.40. The van der Waals surface area contributed by atoms with E-state index >= 15 is 0 Å². The first-order valence-corrected chi connectivity index (χ1v) is 6.15. The van der Waals surface area contributed by atoms with E-state index in [0.29, 0.717) is 5.17 Å². The molecule has 0 aliphatic heterocycles. The zero-order chi connectivity index (χ0) is 11.3. The van der Waals surface area contributed by atoms with Crippen molar-refractivity contribution >= 4 is 28.5 Å². The zero-order valence-electron chi connectivity index (χ0n) is 8.90. The molecule has 1 aromatic carbocycles. The van der Waals surface area contributed by atoms with Crippen LogP contribution < -0.4 is 5.73 Å². The first-order chi connectivity index (χ1) is 7.09. The van der Waals surface area contributed by atoms with Crippen LogP contribution in [0.1, 0.15) is 19.4 Å². The van der Waals surface area contributed by atoms with Gasteiger partial charge in [0.25, 0.3) is 0 Å². The number of nitrogens with zero attached hydrogens (tertiary/aromatic N) is 1. The first-order valence-electron chi connectivity index (χ1n) is 4.79. The Morgan fingerprint density at radius 2 is 2.13 bits per heavy atom. The summed E-state index contributed by atoms with van der Waals surface area (Å²) in [6, 6.07) is 8.01. The van der Waals surface area contributed by atoms with E-state index in [0.717, 1.165) is 16.3 Å². The van der Waals surface area contributed by atoms with Crippen molar-refractivity contribution in [3.05, 3.63) is 34.9 Å². The van der Waals surface area contributed by atoms with E-state index in [1.165, 1.54) is 11.8 Å². The molecule has 0 heterocycles. The molecule has 0 aromatic heterocycles. The molecule has 0 aliphatic rings.